The summed E-state index contributed by atoms with van der Waals surface area (Å²) in [6, 6.07) is 14.5. The average molecular weight is 401 g/mol. The van der Waals surface area contributed by atoms with Crippen molar-refractivity contribution < 1.29 is 14.3 Å². The van der Waals surface area contributed by atoms with Gasteiger partial charge in [0.25, 0.3) is 5.91 Å². The highest BCUT2D eigenvalue weighted by molar-refractivity contribution is 7.98. The van der Waals surface area contributed by atoms with E-state index in [1.54, 1.807) is 43.0 Å². The fourth-order valence-electron chi connectivity index (χ4n) is 2.63. The Morgan fingerprint density at radius 3 is 2.63 bits per heavy atom. The van der Waals surface area contributed by atoms with Crippen molar-refractivity contribution in [2.75, 3.05) is 18.6 Å². The van der Waals surface area contributed by atoms with Crippen LogP contribution in [0.25, 0.3) is 10.2 Å². The predicted octanol–water partition coefficient (Wildman–Crippen LogP) is 3.98. The molecule has 27 heavy (non-hydrogen) atoms. The molecule has 3 rings (SSSR count). The van der Waals surface area contributed by atoms with Crippen LogP contribution in [-0.4, -0.2) is 35.1 Å². The molecular weight excluding hydrogens is 380 g/mol. The summed E-state index contributed by atoms with van der Waals surface area (Å²) < 4.78 is 8.02. The summed E-state index contributed by atoms with van der Waals surface area (Å²) in [5, 5.41) is 0. The molecule has 0 spiro atoms. The smallest absolute Gasteiger partial charge is 0.338 e. The van der Waals surface area contributed by atoms with Gasteiger partial charge in [0, 0.05) is 17.9 Å². The quantitative estimate of drug-likeness (QED) is 0.587. The molecule has 0 fully saturated rings. The van der Waals surface area contributed by atoms with E-state index >= 15 is 0 Å². The van der Waals surface area contributed by atoms with Crippen LogP contribution in [0.4, 0.5) is 0 Å². The summed E-state index contributed by atoms with van der Waals surface area (Å²) in [6.07, 6.45) is 2.04. The molecule has 1 heterocycles. The molecule has 0 saturated heterocycles. The lowest BCUT2D eigenvalue weighted by Gasteiger charge is -2.05. The van der Waals surface area contributed by atoms with Gasteiger partial charge < -0.3 is 9.30 Å². The van der Waals surface area contributed by atoms with E-state index in [2.05, 4.69) is 4.99 Å². The van der Waals surface area contributed by atoms with E-state index in [4.69, 9.17) is 4.74 Å². The summed E-state index contributed by atoms with van der Waals surface area (Å²) >= 11 is 3.14. The van der Waals surface area contributed by atoms with E-state index in [9.17, 15) is 9.59 Å². The first kappa shape index (κ1) is 19.4. The molecule has 0 N–H and O–H groups in total. The monoisotopic (exact) mass is 400 g/mol. The largest absolute Gasteiger partial charge is 0.462 e. The third kappa shape index (κ3) is 4.48. The minimum Gasteiger partial charge on any atom is -0.462 e. The van der Waals surface area contributed by atoms with Gasteiger partial charge >= 0.3 is 5.97 Å². The molecule has 0 bridgehead atoms. The zero-order valence-electron chi connectivity index (χ0n) is 15.2. The summed E-state index contributed by atoms with van der Waals surface area (Å²) in [4.78, 5) is 29.5. The van der Waals surface area contributed by atoms with Gasteiger partial charge in [-0.25, -0.2) is 4.79 Å². The zero-order chi connectivity index (χ0) is 19.2. The van der Waals surface area contributed by atoms with Crippen LogP contribution < -0.4 is 4.80 Å². The normalized spacial score (nSPS) is 11.7. The first-order valence-corrected chi connectivity index (χ1v) is 10.8. The molecule has 0 saturated carbocycles. The number of thioether (sulfide) groups is 1. The van der Waals surface area contributed by atoms with Crippen molar-refractivity contribution in [3.8, 4) is 0 Å². The molecule has 0 aliphatic carbocycles. The van der Waals surface area contributed by atoms with Crippen LogP contribution >= 0.6 is 23.1 Å². The second-order valence-electron chi connectivity index (χ2n) is 5.72. The van der Waals surface area contributed by atoms with Gasteiger partial charge in [-0.15, -0.1) is 0 Å². The highest BCUT2D eigenvalue weighted by Crippen LogP contribution is 2.20. The number of fused-ring (bicyclic) bond motifs is 1. The van der Waals surface area contributed by atoms with Crippen LogP contribution in [0.5, 0.6) is 0 Å². The molecule has 1 aromatic heterocycles. The van der Waals surface area contributed by atoms with E-state index in [1.807, 2.05) is 35.1 Å². The van der Waals surface area contributed by atoms with Crippen LogP contribution in [-0.2, 0) is 11.3 Å². The Morgan fingerprint density at radius 2 is 1.93 bits per heavy atom. The first-order valence-electron chi connectivity index (χ1n) is 8.57. The van der Waals surface area contributed by atoms with Crippen LogP contribution in [0.2, 0.25) is 0 Å². The Labute approximate surface area is 165 Å². The van der Waals surface area contributed by atoms with E-state index in [0.717, 1.165) is 22.5 Å². The molecule has 0 aliphatic rings. The van der Waals surface area contributed by atoms with E-state index in [1.165, 1.54) is 11.3 Å². The van der Waals surface area contributed by atoms with Crippen molar-refractivity contribution in [2.24, 2.45) is 4.99 Å². The fraction of sp³-hybridized carbons (Fsp3) is 0.250. The van der Waals surface area contributed by atoms with Crippen LogP contribution in [0, 0.1) is 0 Å². The number of carbonyl (C=O) groups excluding carboxylic acids is 2. The Bertz CT molecular complexity index is 1020. The van der Waals surface area contributed by atoms with Gasteiger partial charge in [-0.05, 0) is 43.5 Å². The number of rotatable bonds is 6. The molecular formula is C20H20N2O3S2. The number of aromatic nitrogens is 1. The topological polar surface area (TPSA) is 60.7 Å². The van der Waals surface area contributed by atoms with Gasteiger partial charge in [0.05, 0.1) is 22.4 Å². The minimum atomic E-state index is -0.345. The van der Waals surface area contributed by atoms with Gasteiger partial charge in [0.2, 0.25) is 0 Å². The van der Waals surface area contributed by atoms with Crippen molar-refractivity contribution >= 4 is 45.2 Å². The van der Waals surface area contributed by atoms with Gasteiger partial charge in [-0.3, -0.25) is 4.79 Å². The van der Waals surface area contributed by atoms with Gasteiger partial charge in [0.15, 0.2) is 4.80 Å². The zero-order valence-corrected chi connectivity index (χ0v) is 16.8. The Morgan fingerprint density at radius 1 is 1.15 bits per heavy atom. The highest BCUT2D eigenvalue weighted by Gasteiger charge is 2.13. The number of esters is 1. The maximum Gasteiger partial charge on any atom is 0.338 e. The predicted molar refractivity (Wildman–Crippen MR) is 110 cm³/mol. The molecule has 3 aromatic rings. The number of carbonyl (C=O) groups is 2. The van der Waals surface area contributed by atoms with Crippen LogP contribution in [0.15, 0.2) is 53.5 Å². The van der Waals surface area contributed by atoms with E-state index in [-0.39, 0.29) is 11.9 Å². The average Bonchev–Trinajstić information content (AvgIpc) is 3.03. The second kappa shape index (κ2) is 9.01. The summed E-state index contributed by atoms with van der Waals surface area (Å²) in [5.74, 6) is 0.283. The molecule has 5 nitrogen and oxygen atoms in total. The molecule has 1 amide bonds. The molecule has 7 heteroatoms. The van der Waals surface area contributed by atoms with Gasteiger partial charge in [-0.1, -0.05) is 29.5 Å². The lowest BCUT2D eigenvalue weighted by atomic mass is 10.2. The number of ether oxygens (including phenoxy) is 1. The van der Waals surface area contributed by atoms with Crippen molar-refractivity contribution in [1.82, 2.24) is 4.57 Å². The minimum absolute atomic E-state index is 0.273. The molecule has 0 radical (unpaired) electrons. The van der Waals surface area contributed by atoms with Crippen molar-refractivity contribution in [2.45, 2.75) is 13.5 Å². The molecule has 0 unspecified atom stereocenters. The molecule has 140 valence electrons. The van der Waals surface area contributed by atoms with Gasteiger partial charge in [0.1, 0.15) is 0 Å². The number of benzene rings is 2. The third-order valence-electron chi connectivity index (χ3n) is 3.93. The maximum atomic E-state index is 12.5. The second-order valence-corrected chi connectivity index (χ2v) is 7.71. The Kier molecular flexibility index (Phi) is 6.47. The lowest BCUT2D eigenvalue weighted by molar-refractivity contribution is 0.0526. The summed E-state index contributed by atoms with van der Waals surface area (Å²) in [5.41, 5.74) is 2.02. The van der Waals surface area contributed by atoms with Crippen molar-refractivity contribution in [3.63, 3.8) is 0 Å². The van der Waals surface area contributed by atoms with Crippen molar-refractivity contribution in [1.29, 1.82) is 0 Å². The summed E-state index contributed by atoms with van der Waals surface area (Å²) in [6.45, 7) is 2.85. The van der Waals surface area contributed by atoms with Crippen molar-refractivity contribution in [3.05, 3.63) is 64.5 Å². The van der Waals surface area contributed by atoms with Crippen LogP contribution in [0.1, 0.15) is 27.6 Å². The maximum absolute atomic E-state index is 12.5. The number of hydrogen-bond acceptors (Lipinski definition) is 5. The number of amides is 1. The molecule has 0 atom stereocenters. The first-order chi connectivity index (χ1) is 13.1. The molecule has 2 aromatic carbocycles. The SMILES string of the molecule is CCOC(=O)c1ccc2c(c1)sc(=NC(=O)c1ccccc1)n2CCSC. The number of hydrogen-bond donors (Lipinski definition) is 0. The van der Waals surface area contributed by atoms with E-state index in [0.29, 0.717) is 22.5 Å². The van der Waals surface area contributed by atoms with Gasteiger partial charge in [-0.2, -0.15) is 16.8 Å². The number of nitrogens with zero attached hydrogens (tertiary/aromatic N) is 2. The third-order valence-corrected chi connectivity index (χ3v) is 5.56. The van der Waals surface area contributed by atoms with Crippen LogP contribution in [0.3, 0.4) is 0 Å². The Balaban J connectivity index is 2.08. The fourth-order valence-corrected chi connectivity index (χ4v) is 4.09. The summed E-state index contributed by atoms with van der Waals surface area (Å²) in [7, 11) is 0. The lowest BCUT2D eigenvalue weighted by Crippen LogP contribution is -2.18. The number of aryl methyl sites for hydroxylation is 1. The van der Waals surface area contributed by atoms with E-state index < -0.39 is 0 Å². The Hall–Kier alpha value is -2.38. The standard InChI is InChI=1S/C20H20N2O3S2/c1-3-25-19(24)15-9-10-16-17(13-15)27-20(22(16)11-12-26-2)21-18(23)14-7-5-4-6-8-14/h4-10,13H,3,11-12H2,1-2H3. The highest BCUT2D eigenvalue weighted by atomic mass is 32.2. The molecule has 0 aliphatic heterocycles. The number of thiazole rings is 1.